The van der Waals surface area contributed by atoms with Crippen molar-refractivity contribution < 1.29 is 4.39 Å². The van der Waals surface area contributed by atoms with Gasteiger partial charge in [0.1, 0.15) is 5.82 Å². The second-order valence-electron chi connectivity index (χ2n) is 10.2. The molecule has 5 nitrogen and oxygen atoms in total. The Bertz CT molecular complexity index is 1390. The number of rotatable bonds is 9. The van der Waals surface area contributed by atoms with Gasteiger partial charge < -0.3 is 20.9 Å². The number of nitrogens with one attached hydrogen (secondary N) is 2. The van der Waals surface area contributed by atoms with Gasteiger partial charge in [-0.3, -0.25) is 4.98 Å². The smallest absolute Gasteiger partial charge is 0.141 e. The van der Waals surface area contributed by atoms with Gasteiger partial charge >= 0.3 is 0 Å². The molecular formula is C34H44FN5. The second kappa shape index (κ2) is 13.8. The van der Waals surface area contributed by atoms with E-state index in [4.69, 9.17) is 5.73 Å². The number of aromatic amines is 1. The fourth-order valence-corrected chi connectivity index (χ4v) is 4.84. The predicted octanol–water partition coefficient (Wildman–Crippen LogP) is 8.79. The van der Waals surface area contributed by atoms with Crippen LogP contribution in [-0.2, 0) is 0 Å². The first-order valence-electron chi connectivity index (χ1n) is 14.2. The Labute approximate surface area is 239 Å². The molecule has 0 bridgehead atoms. The van der Waals surface area contributed by atoms with Crippen LogP contribution in [0.15, 0.2) is 74.2 Å². The number of hydrogen-bond acceptors (Lipinski definition) is 4. The lowest BCUT2D eigenvalue weighted by Crippen LogP contribution is -2.28. The lowest BCUT2D eigenvalue weighted by Gasteiger charge is -2.31. The molecule has 4 N–H and O–H groups in total. The number of anilines is 2. The number of nitrogens with two attached hydrogens (primary N) is 1. The van der Waals surface area contributed by atoms with Crippen LogP contribution < -0.4 is 11.1 Å². The van der Waals surface area contributed by atoms with Gasteiger partial charge in [-0.25, -0.2) is 4.39 Å². The predicted molar refractivity (Wildman–Crippen MR) is 170 cm³/mol. The first-order chi connectivity index (χ1) is 19.2. The topological polar surface area (TPSA) is 70.0 Å². The van der Waals surface area contributed by atoms with E-state index in [0.717, 1.165) is 47.1 Å². The van der Waals surface area contributed by atoms with Crippen molar-refractivity contribution in [3.8, 4) is 11.1 Å². The fraction of sp³-hybridized carbons (Fsp3) is 0.324. The number of halogens is 1. The minimum Gasteiger partial charge on any atom is -0.398 e. The van der Waals surface area contributed by atoms with E-state index in [2.05, 4.69) is 53.8 Å². The molecule has 1 aromatic carbocycles. The van der Waals surface area contributed by atoms with Crippen molar-refractivity contribution in [3.05, 3.63) is 103 Å². The van der Waals surface area contributed by atoms with Crippen molar-refractivity contribution in [2.45, 2.75) is 53.9 Å². The number of aryl methyl sites for hydroxylation is 1. The van der Waals surface area contributed by atoms with E-state index in [-0.39, 0.29) is 11.5 Å². The molecule has 212 valence electrons. The SMILES string of the molecule is C=C/C=C(\c1cc(C(=C)c2c(N)ccc(-c3cncc(NC(=C)C(C)C)c3)c2F)[nH]c1C)N1CCCCC1.CC. The third kappa shape index (κ3) is 6.74. The third-order valence-corrected chi connectivity index (χ3v) is 7.12. The number of nitrogen functional groups attached to an aromatic ring is 1. The van der Waals surface area contributed by atoms with E-state index in [9.17, 15) is 0 Å². The molecule has 40 heavy (non-hydrogen) atoms. The van der Waals surface area contributed by atoms with Crippen LogP contribution in [0.3, 0.4) is 0 Å². The molecule has 3 heterocycles. The lowest BCUT2D eigenvalue weighted by atomic mass is 9.95. The molecule has 2 aromatic heterocycles. The van der Waals surface area contributed by atoms with Gasteiger partial charge in [0.25, 0.3) is 0 Å². The van der Waals surface area contributed by atoms with Gasteiger partial charge in [0.15, 0.2) is 0 Å². The molecule has 0 radical (unpaired) electrons. The van der Waals surface area contributed by atoms with Crippen LogP contribution >= 0.6 is 0 Å². The summed E-state index contributed by atoms with van der Waals surface area (Å²) in [6.07, 6.45) is 10.8. The van der Waals surface area contributed by atoms with Crippen molar-refractivity contribution in [1.29, 1.82) is 0 Å². The maximum absolute atomic E-state index is 16.1. The Morgan fingerprint density at radius 1 is 1.12 bits per heavy atom. The summed E-state index contributed by atoms with van der Waals surface area (Å²) in [5.41, 5.74) is 14.0. The Hall–Kier alpha value is -4.06. The quantitative estimate of drug-likeness (QED) is 0.187. The molecule has 3 aromatic rings. The molecule has 1 aliphatic rings. The summed E-state index contributed by atoms with van der Waals surface area (Å²) in [6.45, 7) is 24.4. The summed E-state index contributed by atoms with van der Waals surface area (Å²) in [6, 6.07) is 7.31. The van der Waals surface area contributed by atoms with E-state index < -0.39 is 5.82 Å². The Balaban J connectivity index is 0.00000216. The number of piperidine rings is 1. The van der Waals surface area contributed by atoms with Crippen molar-refractivity contribution in [1.82, 2.24) is 14.9 Å². The van der Waals surface area contributed by atoms with E-state index in [1.165, 1.54) is 19.3 Å². The number of likely N-dealkylation sites (tertiary alicyclic amines) is 1. The van der Waals surface area contributed by atoms with E-state index in [1.807, 2.05) is 45.1 Å². The largest absolute Gasteiger partial charge is 0.398 e. The molecular weight excluding hydrogens is 497 g/mol. The zero-order chi connectivity index (χ0) is 29.4. The van der Waals surface area contributed by atoms with Crippen LogP contribution in [0.5, 0.6) is 0 Å². The number of hydrogen-bond donors (Lipinski definition) is 3. The van der Waals surface area contributed by atoms with Crippen LogP contribution in [0.2, 0.25) is 0 Å². The van der Waals surface area contributed by atoms with Crippen molar-refractivity contribution in [2.75, 3.05) is 24.1 Å². The average molecular weight is 542 g/mol. The highest BCUT2D eigenvalue weighted by molar-refractivity contribution is 5.88. The maximum atomic E-state index is 16.1. The second-order valence-corrected chi connectivity index (χ2v) is 10.2. The average Bonchev–Trinajstić information content (AvgIpc) is 3.34. The summed E-state index contributed by atoms with van der Waals surface area (Å²) in [5.74, 6) is -0.170. The summed E-state index contributed by atoms with van der Waals surface area (Å²) < 4.78 is 16.1. The first-order valence-corrected chi connectivity index (χ1v) is 14.2. The molecule has 0 atom stereocenters. The molecule has 6 heteroatoms. The highest BCUT2D eigenvalue weighted by atomic mass is 19.1. The first kappa shape index (κ1) is 30.5. The monoisotopic (exact) mass is 541 g/mol. The standard InChI is InChI=1S/C32H38FN5.C2H6/c1-7-11-30(38-14-9-8-10-15-38)27-17-29(37-23(27)6)21(4)31-28(34)13-12-26(32(31)33)24-16-25(19-35-18-24)36-22(5)20(2)3;1-2/h7,11-13,16-20,36-37H,1,4-5,8-10,14-15,34H2,2-3,6H3;1-2H3/b30-11+;. The van der Waals surface area contributed by atoms with Gasteiger partial charge in [-0.05, 0) is 62.4 Å². The maximum Gasteiger partial charge on any atom is 0.141 e. The van der Waals surface area contributed by atoms with Crippen LogP contribution in [-0.4, -0.2) is 28.0 Å². The normalized spacial score (nSPS) is 13.5. The van der Waals surface area contributed by atoms with Crippen molar-refractivity contribution >= 4 is 22.6 Å². The van der Waals surface area contributed by atoms with E-state index in [0.29, 0.717) is 22.4 Å². The van der Waals surface area contributed by atoms with Crippen molar-refractivity contribution in [2.24, 2.45) is 5.92 Å². The van der Waals surface area contributed by atoms with Gasteiger partial charge in [0.05, 0.1) is 11.9 Å². The molecule has 0 aliphatic carbocycles. The van der Waals surface area contributed by atoms with Gasteiger partial charge in [0.2, 0.25) is 0 Å². The molecule has 1 saturated heterocycles. The molecule has 0 spiro atoms. The van der Waals surface area contributed by atoms with Crippen LogP contribution in [0.25, 0.3) is 22.4 Å². The molecule has 1 aliphatic heterocycles. The Morgan fingerprint density at radius 3 is 2.48 bits per heavy atom. The van der Waals surface area contributed by atoms with Crippen molar-refractivity contribution in [3.63, 3.8) is 0 Å². The highest BCUT2D eigenvalue weighted by Gasteiger charge is 2.22. The Morgan fingerprint density at radius 2 is 1.82 bits per heavy atom. The zero-order valence-electron chi connectivity index (χ0n) is 24.7. The number of H-pyrrole nitrogens is 1. The number of pyridine rings is 1. The van der Waals surface area contributed by atoms with Crippen LogP contribution in [0.4, 0.5) is 15.8 Å². The van der Waals surface area contributed by atoms with Gasteiger partial charge in [-0.2, -0.15) is 0 Å². The number of benzene rings is 1. The number of nitrogens with zero attached hydrogens (tertiary/aromatic N) is 2. The van der Waals surface area contributed by atoms with E-state index >= 15 is 4.39 Å². The van der Waals surface area contributed by atoms with Gasteiger partial charge in [-0.15, -0.1) is 0 Å². The zero-order valence-corrected chi connectivity index (χ0v) is 24.7. The van der Waals surface area contributed by atoms with Crippen LogP contribution in [0.1, 0.15) is 69.5 Å². The van der Waals surface area contributed by atoms with Crippen LogP contribution in [0, 0.1) is 18.7 Å². The lowest BCUT2D eigenvalue weighted by molar-refractivity contribution is 0.326. The summed E-state index contributed by atoms with van der Waals surface area (Å²) in [5, 5.41) is 3.26. The minimum atomic E-state index is -0.427. The number of aromatic nitrogens is 2. The summed E-state index contributed by atoms with van der Waals surface area (Å²) in [7, 11) is 0. The molecule has 4 rings (SSSR count). The summed E-state index contributed by atoms with van der Waals surface area (Å²) >= 11 is 0. The fourth-order valence-electron chi connectivity index (χ4n) is 4.84. The highest BCUT2D eigenvalue weighted by Crippen LogP contribution is 2.37. The Kier molecular flexibility index (Phi) is 10.5. The summed E-state index contributed by atoms with van der Waals surface area (Å²) in [4.78, 5) is 10.1. The molecule has 0 saturated carbocycles. The molecule has 1 fully saturated rings. The van der Waals surface area contributed by atoms with Gasteiger partial charge in [0, 0.05) is 75.6 Å². The number of allylic oxidation sites excluding steroid dienone is 3. The van der Waals surface area contributed by atoms with Gasteiger partial charge in [-0.1, -0.05) is 53.5 Å². The molecule has 0 unspecified atom stereocenters. The third-order valence-electron chi connectivity index (χ3n) is 7.12. The minimum absolute atomic E-state index is 0.257. The molecule has 0 amide bonds. The van der Waals surface area contributed by atoms with E-state index in [1.54, 1.807) is 24.5 Å².